The van der Waals surface area contributed by atoms with Crippen molar-refractivity contribution in [1.29, 1.82) is 0 Å². The first-order valence-electron chi connectivity index (χ1n) is 9.22. The minimum absolute atomic E-state index is 0.192. The molecular weight excluding hydrogens is 390 g/mol. The number of piperidine rings is 1. The maximum Gasteiger partial charge on any atom is 0.335 e. The highest BCUT2D eigenvalue weighted by Crippen LogP contribution is 2.41. The number of carboxylic acids is 1. The monoisotopic (exact) mass is 411 g/mol. The van der Waals surface area contributed by atoms with Crippen LogP contribution in [0.5, 0.6) is 0 Å². The molecule has 4 rings (SSSR count). The van der Waals surface area contributed by atoms with E-state index in [4.69, 9.17) is 27.3 Å². The molecule has 0 unspecified atom stereocenters. The fourth-order valence-corrected chi connectivity index (χ4v) is 4.57. The number of nitrogens with zero attached hydrogens (tertiary/aromatic N) is 2. The normalized spacial score (nSPS) is 15.0. The molecule has 0 spiro atoms. The first-order valence-corrected chi connectivity index (χ1v) is 10.0. The van der Waals surface area contributed by atoms with Crippen molar-refractivity contribution in [1.82, 2.24) is 4.98 Å². The van der Waals surface area contributed by atoms with E-state index >= 15 is 0 Å². The second-order valence-corrected chi connectivity index (χ2v) is 8.12. The van der Waals surface area contributed by atoms with Gasteiger partial charge in [-0.2, -0.15) is 0 Å². The summed E-state index contributed by atoms with van der Waals surface area (Å²) in [6, 6.07) is 8.67. The van der Waals surface area contributed by atoms with Crippen molar-refractivity contribution in [3.63, 3.8) is 0 Å². The number of benzene rings is 1. The summed E-state index contributed by atoms with van der Waals surface area (Å²) in [5.41, 5.74) is 19.8. The third-order valence-corrected chi connectivity index (χ3v) is 6.33. The molecule has 0 atom stereocenters. The van der Waals surface area contributed by atoms with Crippen LogP contribution >= 0.6 is 11.3 Å². The second-order valence-electron chi connectivity index (χ2n) is 7.12. The fourth-order valence-electron chi connectivity index (χ4n) is 3.60. The highest BCUT2D eigenvalue weighted by molar-refractivity contribution is 7.21. The van der Waals surface area contributed by atoms with Gasteiger partial charge in [0.2, 0.25) is 0 Å². The molecule has 2 aromatic heterocycles. The molecule has 8 nitrogen and oxygen atoms in total. The summed E-state index contributed by atoms with van der Waals surface area (Å²) in [6.45, 7) is 1.58. The van der Waals surface area contributed by atoms with Crippen LogP contribution in [0.25, 0.3) is 21.3 Å². The number of hydrogen-bond acceptors (Lipinski definition) is 7. The average Bonchev–Trinajstić information content (AvgIpc) is 3.05. The van der Waals surface area contributed by atoms with Crippen LogP contribution in [-0.4, -0.2) is 41.1 Å². The third-order valence-electron chi connectivity index (χ3n) is 5.22. The summed E-state index contributed by atoms with van der Waals surface area (Å²) in [7, 11) is 0. The van der Waals surface area contributed by atoms with Gasteiger partial charge >= 0.3 is 5.97 Å². The van der Waals surface area contributed by atoms with Crippen molar-refractivity contribution in [2.24, 2.45) is 11.5 Å². The lowest BCUT2D eigenvalue weighted by atomic mass is 10.00. The quantitative estimate of drug-likeness (QED) is 0.514. The Bertz CT molecular complexity index is 1100. The Balaban J connectivity index is 1.89. The molecule has 1 aromatic carbocycles. The van der Waals surface area contributed by atoms with Gasteiger partial charge in [-0.1, -0.05) is 12.1 Å². The summed E-state index contributed by atoms with van der Waals surface area (Å²) in [5, 5.41) is 9.82. The van der Waals surface area contributed by atoms with Gasteiger partial charge in [0.25, 0.3) is 5.91 Å². The van der Waals surface area contributed by atoms with E-state index in [1.165, 1.54) is 11.3 Å². The Labute approximate surface area is 170 Å². The van der Waals surface area contributed by atoms with Crippen LogP contribution in [0, 0.1) is 0 Å². The molecule has 9 heteroatoms. The summed E-state index contributed by atoms with van der Waals surface area (Å²) in [5.74, 6) is -0.810. The maximum atomic E-state index is 11.8. The van der Waals surface area contributed by atoms with E-state index in [-0.39, 0.29) is 16.5 Å². The van der Waals surface area contributed by atoms with Gasteiger partial charge in [0.1, 0.15) is 15.5 Å². The molecule has 0 saturated carbocycles. The number of primary amides is 1. The zero-order chi connectivity index (χ0) is 20.7. The van der Waals surface area contributed by atoms with Gasteiger partial charge in [-0.15, -0.1) is 11.3 Å². The SMILES string of the molecule is NC(=O)c1sc2nc(N3CCC(N)CC3)cc(-c3ccc(C(=O)O)cc3)c2c1N. The van der Waals surface area contributed by atoms with E-state index < -0.39 is 11.9 Å². The van der Waals surface area contributed by atoms with Crippen LogP contribution in [0.4, 0.5) is 11.5 Å². The van der Waals surface area contributed by atoms with Gasteiger partial charge in [-0.25, -0.2) is 9.78 Å². The molecule has 1 fully saturated rings. The van der Waals surface area contributed by atoms with Crippen LogP contribution < -0.4 is 22.1 Å². The van der Waals surface area contributed by atoms with Crippen molar-refractivity contribution < 1.29 is 14.7 Å². The van der Waals surface area contributed by atoms with Gasteiger partial charge in [-0.05, 0) is 42.2 Å². The molecule has 1 saturated heterocycles. The lowest BCUT2D eigenvalue weighted by Crippen LogP contribution is -2.40. The van der Waals surface area contributed by atoms with Crippen molar-refractivity contribution in [2.75, 3.05) is 23.7 Å². The van der Waals surface area contributed by atoms with E-state index in [0.717, 1.165) is 42.9 Å². The Hall–Kier alpha value is -3.17. The van der Waals surface area contributed by atoms with Crippen molar-refractivity contribution in [3.8, 4) is 11.1 Å². The van der Waals surface area contributed by atoms with Crippen molar-refractivity contribution in [3.05, 3.63) is 40.8 Å². The van der Waals surface area contributed by atoms with Gasteiger partial charge < -0.3 is 27.2 Å². The standard InChI is InChI=1S/C20H21N5O3S/c21-12-5-7-25(8-6-12)14-9-13(10-1-3-11(4-2-10)20(27)28)15-16(22)17(18(23)26)29-19(15)24-14/h1-4,9,12H,5-8,21-22H2,(H2,23,26)(H,27,28). The van der Waals surface area contributed by atoms with Gasteiger partial charge in [0.05, 0.1) is 11.3 Å². The number of carbonyl (C=O) groups is 2. The first-order chi connectivity index (χ1) is 13.8. The lowest BCUT2D eigenvalue weighted by Gasteiger charge is -2.31. The number of carbonyl (C=O) groups excluding carboxylic acids is 1. The molecule has 1 amide bonds. The fraction of sp³-hybridized carbons (Fsp3) is 0.250. The van der Waals surface area contributed by atoms with E-state index in [0.29, 0.717) is 15.9 Å². The average molecular weight is 411 g/mol. The van der Waals surface area contributed by atoms with Crippen LogP contribution in [-0.2, 0) is 0 Å². The number of thiophene rings is 1. The number of nitrogens with two attached hydrogens (primary N) is 3. The molecule has 0 bridgehead atoms. The van der Waals surface area contributed by atoms with E-state index in [2.05, 4.69) is 4.90 Å². The number of anilines is 2. The summed E-state index contributed by atoms with van der Waals surface area (Å²) < 4.78 is 0. The largest absolute Gasteiger partial charge is 0.478 e. The summed E-state index contributed by atoms with van der Waals surface area (Å²) in [6.07, 6.45) is 1.75. The Morgan fingerprint density at radius 2 is 1.83 bits per heavy atom. The molecule has 1 aliphatic rings. The minimum atomic E-state index is -0.993. The molecule has 3 aromatic rings. The van der Waals surface area contributed by atoms with Crippen LogP contribution in [0.1, 0.15) is 32.9 Å². The van der Waals surface area contributed by atoms with Crippen LogP contribution in [0.3, 0.4) is 0 Å². The Kier molecular flexibility index (Phi) is 4.85. The van der Waals surface area contributed by atoms with Gasteiger partial charge in [0.15, 0.2) is 0 Å². The third kappa shape index (κ3) is 3.50. The number of aromatic nitrogens is 1. The zero-order valence-electron chi connectivity index (χ0n) is 15.6. The highest BCUT2D eigenvalue weighted by atomic mass is 32.1. The highest BCUT2D eigenvalue weighted by Gasteiger charge is 2.23. The van der Waals surface area contributed by atoms with E-state index in [9.17, 15) is 9.59 Å². The van der Waals surface area contributed by atoms with Crippen molar-refractivity contribution >= 4 is 44.9 Å². The summed E-state index contributed by atoms with van der Waals surface area (Å²) >= 11 is 1.17. The molecular formula is C20H21N5O3S. The topological polar surface area (TPSA) is 149 Å². The van der Waals surface area contributed by atoms with E-state index in [1.54, 1.807) is 24.3 Å². The first kappa shape index (κ1) is 19.2. The summed E-state index contributed by atoms with van der Waals surface area (Å²) in [4.78, 5) is 30.8. The zero-order valence-corrected chi connectivity index (χ0v) is 16.4. The van der Waals surface area contributed by atoms with Crippen LogP contribution in [0.2, 0.25) is 0 Å². The number of amides is 1. The molecule has 150 valence electrons. The lowest BCUT2D eigenvalue weighted by molar-refractivity contribution is 0.0696. The number of rotatable bonds is 4. The molecule has 29 heavy (non-hydrogen) atoms. The van der Waals surface area contributed by atoms with Gasteiger partial charge in [0, 0.05) is 24.5 Å². The smallest absolute Gasteiger partial charge is 0.335 e. The Morgan fingerprint density at radius 1 is 1.17 bits per heavy atom. The van der Waals surface area contributed by atoms with Crippen LogP contribution in [0.15, 0.2) is 30.3 Å². The molecule has 7 N–H and O–H groups in total. The minimum Gasteiger partial charge on any atom is -0.478 e. The molecule has 1 aliphatic heterocycles. The number of fused-ring (bicyclic) bond motifs is 1. The number of hydrogen-bond donors (Lipinski definition) is 4. The number of nitrogen functional groups attached to an aromatic ring is 1. The predicted molar refractivity (Wildman–Crippen MR) is 114 cm³/mol. The predicted octanol–water partition coefficient (Wildman–Crippen LogP) is 2.27. The maximum absolute atomic E-state index is 11.8. The van der Waals surface area contributed by atoms with Gasteiger partial charge in [-0.3, -0.25) is 4.79 Å². The number of pyridine rings is 1. The molecule has 0 radical (unpaired) electrons. The number of aromatic carboxylic acids is 1. The van der Waals surface area contributed by atoms with E-state index in [1.807, 2.05) is 6.07 Å². The Morgan fingerprint density at radius 3 is 2.41 bits per heavy atom. The van der Waals surface area contributed by atoms with Crippen molar-refractivity contribution in [2.45, 2.75) is 18.9 Å². The second kappa shape index (κ2) is 7.34. The molecule has 3 heterocycles. The molecule has 0 aliphatic carbocycles. The number of carboxylic acid groups (broad SMARTS) is 1.